The third kappa shape index (κ3) is 1.33. The molecule has 4 heteroatoms. The summed E-state index contributed by atoms with van der Waals surface area (Å²) < 4.78 is 0. The molecule has 2 aromatic rings. The molecule has 1 unspecified atom stereocenters. The lowest BCUT2D eigenvalue weighted by Crippen LogP contribution is -2.35. The van der Waals surface area contributed by atoms with E-state index >= 15 is 0 Å². The predicted octanol–water partition coefficient (Wildman–Crippen LogP) is 1.88. The molecule has 0 radical (unpaired) electrons. The highest BCUT2D eigenvalue weighted by Gasteiger charge is 2.50. The maximum absolute atomic E-state index is 12.5. The molecule has 1 aliphatic heterocycles. The van der Waals surface area contributed by atoms with Crippen LogP contribution < -0.4 is 5.32 Å². The molecule has 1 N–H and O–H groups in total. The van der Waals surface area contributed by atoms with Crippen molar-refractivity contribution < 1.29 is 9.59 Å². The van der Waals surface area contributed by atoms with Gasteiger partial charge in [0, 0.05) is 17.3 Å². The van der Waals surface area contributed by atoms with Crippen LogP contribution in [0.5, 0.6) is 0 Å². The van der Waals surface area contributed by atoms with E-state index in [-0.39, 0.29) is 5.91 Å². The normalized spacial score (nSPS) is 22.5. The van der Waals surface area contributed by atoms with Crippen molar-refractivity contribution in [3.8, 4) is 0 Å². The number of nitrogens with one attached hydrogen (secondary N) is 1. The van der Waals surface area contributed by atoms with Gasteiger partial charge < -0.3 is 5.32 Å². The molecule has 0 fully saturated rings. The first-order valence-electron chi connectivity index (χ1n) is 6.57. The van der Waals surface area contributed by atoms with Crippen molar-refractivity contribution in [1.82, 2.24) is 4.98 Å². The molecule has 2 aliphatic rings. The summed E-state index contributed by atoms with van der Waals surface area (Å²) in [6.45, 7) is 0. The van der Waals surface area contributed by atoms with Crippen LogP contribution in [0.3, 0.4) is 0 Å². The highest BCUT2D eigenvalue weighted by molar-refractivity contribution is 6.06. The van der Waals surface area contributed by atoms with Gasteiger partial charge in [-0.05, 0) is 36.1 Å². The zero-order valence-corrected chi connectivity index (χ0v) is 10.7. The Hall–Kier alpha value is -2.49. The van der Waals surface area contributed by atoms with Crippen molar-refractivity contribution in [2.75, 3.05) is 5.32 Å². The predicted molar refractivity (Wildman–Crippen MR) is 73.8 cm³/mol. The number of carbonyl (C=O) groups excluding carboxylic acids is 2. The fourth-order valence-electron chi connectivity index (χ4n) is 3.36. The van der Waals surface area contributed by atoms with Crippen molar-refractivity contribution in [2.45, 2.75) is 18.3 Å². The topological polar surface area (TPSA) is 59.1 Å². The second-order valence-electron chi connectivity index (χ2n) is 5.44. The molecule has 0 saturated carbocycles. The van der Waals surface area contributed by atoms with Gasteiger partial charge in [0.05, 0.1) is 5.41 Å². The summed E-state index contributed by atoms with van der Waals surface area (Å²) in [6, 6.07) is 9.48. The largest absolute Gasteiger partial charge is 0.310 e. The first kappa shape index (κ1) is 11.3. The van der Waals surface area contributed by atoms with Gasteiger partial charge in [-0.2, -0.15) is 0 Å². The van der Waals surface area contributed by atoms with Crippen molar-refractivity contribution in [3.05, 3.63) is 58.8 Å². The van der Waals surface area contributed by atoms with Gasteiger partial charge in [0.1, 0.15) is 12.1 Å². The third-order valence-corrected chi connectivity index (χ3v) is 4.34. The minimum Gasteiger partial charge on any atom is -0.310 e. The molecule has 1 atom stereocenters. The Bertz CT molecular complexity index is 754. The molecular weight excluding hydrogens is 252 g/mol. The number of amides is 1. The molecule has 4 nitrogen and oxygen atoms in total. The second kappa shape index (κ2) is 3.76. The standard InChI is InChI=1S/C16H12N2O2/c19-9-10-3-4-11-7-16(8-12(11)6-10)13-2-1-5-17-14(13)18-15(16)20/h1-6,9H,7-8H2,(H,17,18,20). The maximum atomic E-state index is 12.5. The number of hydrogen-bond donors (Lipinski definition) is 1. The summed E-state index contributed by atoms with van der Waals surface area (Å²) in [4.78, 5) is 27.6. The molecule has 98 valence electrons. The first-order chi connectivity index (χ1) is 9.73. The molecule has 4 rings (SSSR count). The van der Waals surface area contributed by atoms with Gasteiger partial charge in [0.15, 0.2) is 0 Å². The highest BCUT2D eigenvalue weighted by atomic mass is 16.2. The minimum atomic E-state index is -0.548. The quantitative estimate of drug-likeness (QED) is 0.800. The summed E-state index contributed by atoms with van der Waals surface area (Å²) >= 11 is 0. The van der Waals surface area contributed by atoms with Crippen LogP contribution in [0, 0.1) is 0 Å². The lowest BCUT2D eigenvalue weighted by molar-refractivity contribution is -0.120. The third-order valence-electron chi connectivity index (χ3n) is 4.34. The van der Waals surface area contributed by atoms with E-state index in [2.05, 4.69) is 10.3 Å². The number of benzene rings is 1. The van der Waals surface area contributed by atoms with Gasteiger partial charge in [-0.15, -0.1) is 0 Å². The van der Waals surface area contributed by atoms with Gasteiger partial charge in [-0.25, -0.2) is 4.98 Å². The molecular formula is C16H12N2O2. The minimum absolute atomic E-state index is 0.00931. The van der Waals surface area contributed by atoms with Crippen LogP contribution in [-0.4, -0.2) is 17.2 Å². The van der Waals surface area contributed by atoms with Crippen LogP contribution in [0.15, 0.2) is 36.5 Å². The molecule has 1 aromatic carbocycles. The Morgan fingerprint density at radius 3 is 2.90 bits per heavy atom. The monoisotopic (exact) mass is 264 g/mol. The number of rotatable bonds is 1. The summed E-state index contributed by atoms with van der Waals surface area (Å²) in [6.07, 6.45) is 3.83. The van der Waals surface area contributed by atoms with Gasteiger partial charge in [0.2, 0.25) is 5.91 Å². The van der Waals surface area contributed by atoms with E-state index < -0.39 is 5.41 Å². The molecule has 0 saturated heterocycles. The van der Waals surface area contributed by atoms with Crippen LogP contribution in [0.25, 0.3) is 0 Å². The fraction of sp³-hybridized carbons (Fsp3) is 0.188. The van der Waals surface area contributed by atoms with Crippen LogP contribution in [0.1, 0.15) is 27.0 Å². The summed E-state index contributed by atoms with van der Waals surface area (Å²) in [5.74, 6) is 0.677. The molecule has 0 bridgehead atoms. The van der Waals surface area contributed by atoms with Gasteiger partial charge in [-0.3, -0.25) is 9.59 Å². The molecule has 2 heterocycles. The van der Waals surface area contributed by atoms with E-state index in [1.54, 1.807) is 6.20 Å². The van der Waals surface area contributed by atoms with E-state index in [1.807, 2.05) is 30.3 Å². The number of hydrogen-bond acceptors (Lipinski definition) is 3. The van der Waals surface area contributed by atoms with E-state index in [0.717, 1.165) is 23.0 Å². The number of anilines is 1. The van der Waals surface area contributed by atoms with Crippen LogP contribution in [0.4, 0.5) is 5.82 Å². The average molecular weight is 264 g/mol. The molecule has 20 heavy (non-hydrogen) atoms. The number of pyridine rings is 1. The van der Waals surface area contributed by atoms with E-state index in [9.17, 15) is 9.59 Å². The first-order valence-corrected chi connectivity index (χ1v) is 6.57. The Morgan fingerprint density at radius 1 is 1.20 bits per heavy atom. The lowest BCUT2D eigenvalue weighted by Gasteiger charge is -2.20. The summed E-state index contributed by atoms with van der Waals surface area (Å²) in [5, 5.41) is 2.87. The second-order valence-corrected chi connectivity index (χ2v) is 5.44. The molecule has 1 aliphatic carbocycles. The zero-order valence-electron chi connectivity index (χ0n) is 10.7. The Morgan fingerprint density at radius 2 is 2.05 bits per heavy atom. The number of fused-ring (bicyclic) bond motifs is 3. The van der Waals surface area contributed by atoms with E-state index in [4.69, 9.17) is 0 Å². The number of nitrogens with zero attached hydrogens (tertiary/aromatic N) is 1. The SMILES string of the molecule is O=Cc1ccc2c(c1)CC1(C2)C(=O)Nc2ncccc21. The summed E-state index contributed by atoms with van der Waals surface area (Å²) in [5.41, 5.74) is 3.30. The van der Waals surface area contributed by atoms with Gasteiger partial charge in [-0.1, -0.05) is 18.2 Å². The fourth-order valence-corrected chi connectivity index (χ4v) is 3.36. The Kier molecular flexibility index (Phi) is 2.13. The highest BCUT2D eigenvalue weighted by Crippen LogP contribution is 2.46. The average Bonchev–Trinajstić information content (AvgIpc) is 2.98. The lowest BCUT2D eigenvalue weighted by atomic mass is 9.79. The Labute approximate surface area is 115 Å². The van der Waals surface area contributed by atoms with Crippen LogP contribution in [-0.2, 0) is 23.1 Å². The smallest absolute Gasteiger partial charge is 0.237 e. The molecule has 1 amide bonds. The van der Waals surface area contributed by atoms with Crippen molar-refractivity contribution in [3.63, 3.8) is 0 Å². The number of aldehydes is 1. The number of aromatic nitrogens is 1. The van der Waals surface area contributed by atoms with Gasteiger partial charge in [0.25, 0.3) is 0 Å². The summed E-state index contributed by atoms with van der Waals surface area (Å²) in [7, 11) is 0. The Balaban J connectivity index is 1.85. The zero-order chi connectivity index (χ0) is 13.7. The van der Waals surface area contributed by atoms with Crippen molar-refractivity contribution in [2.24, 2.45) is 0 Å². The van der Waals surface area contributed by atoms with Crippen molar-refractivity contribution >= 4 is 18.0 Å². The van der Waals surface area contributed by atoms with Crippen molar-refractivity contribution in [1.29, 1.82) is 0 Å². The van der Waals surface area contributed by atoms with Crippen LogP contribution in [0.2, 0.25) is 0 Å². The molecule has 1 aromatic heterocycles. The van der Waals surface area contributed by atoms with E-state index in [0.29, 0.717) is 24.2 Å². The molecule has 1 spiro atoms. The van der Waals surface area contributed by atoms with Crippen LogP contribution >= 0.6 is 0 Å². The number of carbonyl (C=O) groups is 2. The van der Waals surface area contributed by atoms with E-state index in [1.165, 1.54) is 0 Å². The maximum Gasteiger partial charge on any atom is 0.237 e. The van der Waals surface area contributed by atoms with Gasteiger partial charge >= 0.3 is 0 Å².